The SMILES string of the molecule is C[C@H](NC(=O)C(C)(C)CO)[C@@H](Oc1ccc2c(cnn2-c2ccc(F)cc2)c1)c1ccc(F)c(F)c1. The molecule has 4 rings (SSSR count). The van der Waals surface area contributed by atoms with Crippen molar-refractivity contribution in [3.63, 3.8) is 0 Å². The van der Waals surface area contributed by atoms with Crippen LogP contribution in [0.25, 0.3) is 16.6 Å². The van der Waals surface area contributed by atoms with Gasteiger partial charge in [0, 0.05) is 5.39 Å². The number of aliphatic hydroxyl groups is 1. The van der Waals surface area contributed by atoms with Gasteiger partial charge in [0.2, 0.25) is 5.91 Å². The van der Waals surface area contributed by atoms with Gasteiger partial charge < -0.3 is 15.2 Å². The fraction of sp³-hybridized carbons (Fsp3) is 0.259. The molecule has 6 nitrogen and oxygen atoms in total. The summed E-state index contributed by atoms with van der Waals surface area (Å²) in [6.07, 6.45) is 0.760. The number of fused-ring (bicyclic) bond motifs is 1. The molecular weight excluding hydrogens is 471 g/mol. The first-order valence-corrected chi connectivity index (χ1v) is 11.4. The summed E-state index contributed by atoms with van der Waals surface area (Å²) in [5.74, 6) is -2.38. The fourth-order valence-corrected chi connectivity index (χ4v) is 3.72. The maximum Gasteiger partial charge on any atom is 0.228 e. The van der Waals surface area contributed by atoms with Crippen molar-refractivity contribution in [3.05, 3.63) is 89.9 Å². The molecule has 0 aliphatic rings. The number of halogens is 3. The molecular formula is C27H26F3N3O3. The molecule has 0 radical (unpaired) electrons. The van der Waals surface area contributed by atoms with Crippen LogP contribution in [0.2, 0.25) is 0 Å². The average Bonchev–Trinajstić information content (AvgIpc) is 3.28. The molecule has 0 aliphatic carbocycles. The van der Waals surface area contributed by atoms with E-state index in [0.29, 0.717) is 17.0 Å². The van der Waals surface area contributed by atoms with Gasteiger partial charge in [0.25, 0.3) is 0 Å². The molecule has 36 heavy (non-hydrogen) atoms. The summed E-state index contributed by atoms with van der Waals surface area (Å²) in [5.41, 5.74) is 0.721. The van der Waals surface area contributed by atoms with Crippen molar-refractivity contribution in [3.8, 4) is 11.4 Å². The second-order valence-electron chi connectivity index (χ2n) is 9.27. The molecule has 188 valence electrons. The Morgan fingerprint density at radius 2 is 1.78 bits per heavy atom. The number of hydrogen-bond donors (Lipinski definition) is 2. The molecule has 1 amide bonds. The van der Waals surface area contributed by atoms with Crippen LogP contribution in [0.4, 0.5) is 13.2 Å². The molecule has 0 fully saturated rings. The second kappa shape index (κ2) is 10.0. The lowest BCUT2D eigenvalue weighted by atomic mass is 9.92. The van der Waals surface area contributed by atoms with Gasteiger partial charge in [0.05, 0.1) is 35.5 Å². The van der Waals surface area contributed by atoms with Crippen molar-refractivity contribution in [1.29, 1.82) is 0 Å². The van der Waals surface area contributed by atoms with Crippen LogP contribution in [-0.4, -0.2) is 33.4 Å². The lowest BCUT2D eigenvalue weighted by Gasteiger charge is -2.30. The van der Waals surface area contributed by atoms with Crippen LogP contribution in [-0.2, 0) is 4.79 Å². The number of nitrogens with one attached hydrogen (secondary N) is 1. The Labute approximate surface area is 206 Å². The molecule has 0 saturated carbocycles. The van der Waals surface area contributed by atoms with Gasteiger partial charge >= 0.3 is 0 Å². The zero-order valence-electron chi connectivity index (χ0n) is 20.0. The van der Waals surface area contributed by atoms with E-state index in [1.807, 2.05) is 0 Å². The molecule has 0 spiro atoms. The van der Waals surface area contributed by atoms with E-state index < -0.39 is 35.1 Å². The predicted octanol–water partition coefficient (Wildman–Crippen LogP) is 5.09. The highest BCUT2D eigenvalue weighted by Gasteiger charge is 2.31. The summed E-state index contributed by atoms with van der Waals surface area (Å²) in [5, 5.41) is 17.4. The molecule has 1 aromatic heterocycles. The van der Waals surface area contributed by atoms with E-state index >= 15 is 0 Å². The molecule has 2 atom stereocenters. The number of benzene rings is 3. The third kappa shape index (κ3) is 5.21. The van der Waals surface area contributed by atoms with Crippen LogP contribution in [0.5, 0.6) is 5.75 Å². The summed E-state index contributed by atoms with van der Waals surface area (Å²) < 4.78 is 48.8. The van der Waals surface area contributed by atoms with E-state index in [0.717, 1.165) is 23.0 Å². The van der Waals surface area contributed by atoms with Crippen molar-refractivity contribution in [1.82, 2.24) is 15.1 Å². The molecule has 0 saturated heterocycles. The minimum Gasteiger partial charge on any atom is -0.484 e. The zero-order valence-corrected chi connectivity index (χ0v) is 20.0. The van der Waals surface area contributed by atoms with Crippen molar-refractivity contribution in [2.75, 3.05) is 6.61 Å². The molecule has 9 heteroatoms. The molecule has 3 aromatic carbocycles. The highest BCUT2D eigenvalue weighted by atomic mass is 19.2. The van der Waals surface area contributed by atoms with Gasteiger partial charge in [0.1, 0.15) is 17.7 Å². The number of amides is 1. The number of carbonyl (C=O) groups excluding carboxylic acids is 1. The summed E-state index contributed by atoms with van der Waals surface area (Å²) >= 11 is 0. The first-order chi connectivity index (χ1) is 17.1. The Balaban J connectivity index is 1.65. The quantitative estimate of drug-likeness (QED) is 0.356. The number of aliphatic hydroxyl groups excluding tert-OH is 1. The van der Waals surface area contributed by atoms with Crippen LogP contribution in [0, 0.1) is 22.9 Å². The van der Waals surface area contributed by atoms with Crippen LogP contribution in [0.1, 0.15) is 32.4 Å². The Kier molecular flexibility index (Phi) is 7.03. The smallest absolute Gasteiger partial charge is 0.228 e. The highest BCUT2D eigenvalue weighted by molar-refractivity contribution is 5.82. The Morgan fingerprint density at radius 1 is 1.06 bits per heavy atom. The molecule has 4 aromatic rings. The molecule has 1 heterocycles. The standard InChI is InChI=1S/C27H26F3N3O3/c1-16(32-26(35)27(2,3)15-34)25(17-4-10-22(29)23(30)13-17)36-21-9-11-24-18(12-21)14-31-33(24)20-7-5-19(28)6-8-20/h4-14,16,25,34H,15H2,1-3H3,(H,32,35)/t16-,25+/m0/s1. The van der Waals surface area contributed by atoms with Gasteiger partial charge in [-0.1, -0.05) is 6.07 Å². The number of hydrogen-bond acceptors (Lipinski definition) is 4. The number of carbonyl (C=O) groups is 1. The van der Waals surface area contributed by atoms with Gasteiger partial charge in [0.15, 0.2) is 11.6 Å². The summed E-state index contributed by atoms with van der Waals surface area (Å²) in [6, 6.07) is 13.9. The largest absolute Gasteiger partial charge is 0.484 e. The third-order valence-corrected chi connectivity index (χ3v) is 5.97. The van der Waals surface area contributed by atoms with E-state index in [1.165, 1.54) is 18.2 Å². The van der Waals surface area contributed by atoms with Crippen LogP contribution in [0.15, 0.2) is 66.9 Å². The van der Waals surface area contributed by atoms with E-state index in [4.69, 9.17) is 4.74 Å². The monoisotopic (exact) mass is 497 g/mol. The molecule has 2 N–H and O–H groups in total. The zero-order chi connectivity index (χ0) is 26.0. The minimum atomic E-state index is -1.04. The maximum atomic E-state index is 14.1. The van der Waals surface area contributed by atoms with Crippen LogP contribution < -0.4 is 10.1 Å². The molecule has 0 unspecified atom stereocenters. The van der Waals surface area contributed by atoms with Gasteiger partial charge in [-0.05, 0) is 80.9 Å². The third-order valence-electron chi connectivity index (χ3n) is 5.97. The first kappa shape index (κ1) is 25.2. The fourth-order valence-electron chi connectivity index (χ4n) is 3.72. The lowest BCUT2D eigenvalue weighted by Crippen LogP contribution is -2.46. The van der Waals surface area contributed by atoms with Crippen LogP contribution >= 0.6 is 0 Å². The number of nitrogens with zero attached hydrogens (tertiary/aromatic N) is 2. The average molecular weight is 498 g/mol. The second-order valence-corrected chi connectivity index (χ2v) is 9.27. The summed E-state index contributed by atoms with van der Waals surface area (Å²) in [4.78, 5) is 12.7. The normalized spacial score (nSPS) is 13.4. The summed E-state index contributed by atoms with van der Waals surface area (Å²) in [7, 11) is 0. The van der Waals surface area contributed by atoms with E-state index in [9.17, 15) is 23.1 Å². The van der Waals surface area contributed by atoms with Crippen molar-refractivity contribution in [2.24, 2.45) is 5.41 Å². The van der Waals surface area contributed by atoms with E-state index in [-0.39, 0.29) is 12.4 Å². The van der Waals surface area contributed by atoms with Crippen molar-refractivity contribution >= 4 is 16.8 Å². The number of rotatable bonds is 8. The van der Waals surface area contributed by atoms with Gasteiger partial charge in [-0.25, -0.2) is 17.9 Å². The predicted molar refractivity (Wildman–Crippen MR) is 129 cm³/mol. The number of ether oxygens (including phenoxy) is 1. The van der Waals surface area contributed by atoms with Gasteiger partial charge in [-0.15, -0.1) is 0 Å². The van der Waals surface area contributed by atoms with Gasteiger partial charge in [-0.3, -0.25) is 4.79 Å². The lowest BCUT2D eigenvalue weighted by molar-refractivity contribution is -0.132. The minimum absolute atomic E-state index is 0.325. The topological polar surface area (TPSA) is 76.4 Å². The first-order valence-electron chi connectivity index (χ1n) is 11.4. The van der Waals surface area contributed by atoms with Crippen molar-refractivity contribution < 1.29 is 27.8 Å². The highest BCUT2D eigenvalue weighted by Crippen LogP contribution is 2.30. The Morgan fingerprint density at radius 3 is 2.44 bits per heavy atom. The van der Waals surface area contributed by atoms with Gasteiger partial charge in [-0.2, -0.15) is 5.10 Å². The molecule has 0 bridgehead atoms. The van der Waals surface area contributed by atoms with E-state index in [1.54, 1.807) is 62.0 Å². The summed E-state index contributed by atoms with van der Waals surface area (Å²) in [6.45, 7) is 4.50. The maximum absolute atomic E-state index is 14.1. The van der Waals surface area contributed by atoms with Crippen molar-refractivity contribution in [2.45, 2.75) is 32.9 Å². The van der Waals surface area contributed by atoms with E-state index in [2.05, 4.69) is 10.4 Å². The molecule has 0 aliphatic heterocycles. The van der Waals surface area contributed by atoms with Crippen LogP contribution in [0.3, 0.4) is 0 Å². The Hall–Kier alpha value is -3.85. The number of aromatic nitrogens is 2. The Bertz CT molecular complexity index is 1390.